The number of aldehydes is 1. The Hall–Kier alpha value is -1.23. The fourth-order valence-corrected chi connectivity index (χ4v) is 1.05. The normalized spacial score (nSPS) is 11.2. The molecule has 1 aromatic carbocycles. The average molecular weight is 239 g/mol. The van der Waals surface area contributed by atoms with Crippen molar-refractivity contribution in [1.29, 1.82) is 0 Å². The molecule has 0 atom stereocenters. The van der Waals surface area contributed by atoms with Gasteiger partial charge in [-0.2, -0.15) is 13.2 Å². The van der Waals surface area contributed by atoms with Crippen molar-refractivity contribution in [3.63, 3.8) is 0 Å². The second kappa shape index (κ2) is 4.53. The van der Waals surface area contributed by atoms with Crippen molar-refractivity contribution in [2.45, 2.75) is 6.18 Å². The molecule has 0 aromatic heterocycles. The molecular formula is C9H6ClF3O2. The minimum absolute atomic E-state index is 0.0312. The minimum Gasteiger partial charge on any atom is -0.483 e. The molecule has 6 heteroatoms. The summed E-state index contributed by atoms with van der Waals surface area (Å²) in [5.74, 6) is -0.171. The first-order valence-corrected chi connectivity index (χ1v) is 4.24. The Morgan fingerprint density at radius 2 is 2.07 bits per heavy atom. The molecule has 1 rings (SSSR count). The van der Waals surface area contributed by atoms with Crippen LogP contribution in [0.4, 0.5) is 13.2 Å². The molecule has 0 N–H and O–H groups in total. The van der Waals surface area contributed by atoms with E-state index in [1.54, 1.807) is 0 Å². The second-order valence-corrected chi connectivity index (χ2v) is 3.14. The lowest BCUT2D eigenvalue weighted by Gasteiger charge is -2.10. The highest BCUT2D eigenvalue weighted by Crippen LogP contribution is 2.24. The van der Waals surface area contributed by atoms with Gasteiger partial charge in [0, 0.05) is 5.02 Å². The number of rotatable bonds is 3. The van der Waals surface area contributed by atoms with Crippen LogP contribution >= 0.6 is 11.6 Å². The lowest BCUT2D eigenvalue weighted by molar-refractivity contribution is -0.153. The summed E-state index contributed by atoms with van der Waals surface area (Å²) in [6, 6.07) is 3.85. The maximum absolute atomic E-state index is 11.8. The number of alkyl halides is 3. The third-order valence-corrected chi connectivity index (χ3v) is 1.73. The molecule has 0 aliphatic carbocycles. The number of ether oxygens (including phenoxy) is 1. The van der Waals surface area contributed by atoms with Crippen LogP contribution in [0.1, 0.15) is 10.4 Å². The van der Waals surface area contributed by atoms with Crippen molar-refractivity contribution in [2.24, 2.45) is 0 Å². The van der Waals surface area contributed by atoms with Crippen LogP contribution in [0.3, 0.4) is 0 Å². The predicted molar refractivity (Wildman–Crippen MR) is 48.4 cm³/mol. The maximum atomic E-state index is 11.8. The molecule has 1 aromatic rings. The summed E-state index contributed by atoms with van der Waals surface area (Å²) in [4.78, 5) is 10.5. The number of benzene rings is 1. The SMILES string of the molecule is O=Cc1ccc(Cl)cc1OCC(F)(F)F. The Morgan fingerprint density at radius 3 is 2.60 bits per heavy atom. The fraction of sp³-hybridized carbons (Fsp3) is 0.222. The van der Waals surface area contributed by atoms with Crippen LogP contribution in [0.15, 0.2) is 18.2 Å². The van der Waals surface area contributed by atoms with Crippen LogP contribution < -0.4 is 4.74 Å². The summed E-state index contributed by atoms with van der Waals surface area (Å²) in [7, 11) is 0. The van der Waals surface area contributed by atoms with E-state index in [1.807, 2.05) is 0 Å². The highest BCUT2D eigenvalue weighted by molar-refractivity contribution is 6.30. The Balaban J connectivity index is 2.83. The molecule has 0 bridgehead atoms. The number of carbonyl (C=O) groups is 1. The molecule has 0 aliphatic rings. The van der Waals surface area contributed by atoms with Gasteiger partial charge in [0.25, 0.3) is 0 Å². The van der Waals surface area contributed by atoms with Crippen LogP contribution in [0.5, 0.6) is 5.75 Å². The number of hydrogen-bond donors (Lipinski definition) is 0. The second-order valence-electron chi connectivity index (χ2n) is 2.70. The quantitative estimate of drug-likeness (QED) is 0.757. The van der Waals surface area contributed by atoms with E-state index < -0.39 is 12.8 Å². The molecule has 0 amide bonds. The van der Waals surface area contributed by atoms with Gasteiger partial charge in [-0.05, 0) is 18.2 Å². The van der Waals surface area contributed by atoms with E-state index in [4.69, 9.17) is 11.6 Å². The molecule has 2 nitrogen and oxygen atoms in total. The van der Waals surface area contributed by atoms with Gasteiger partial charge in [-0.25, -0.2) is 0 Å². The van der Waals surface area contributed by atoms with E-state index in [9.17, 15) is 18.0 Å². The van der Waals surface area contributed by atoms with E-state index in [0.29, 0.717) is 6.29 Å². The van der Waals surface area contributed by atoms with E-state index >= 15 is 0 Å². The molecule has 0 unspecified atom stereocenters. The predicted octanol–water partition coefficient (Wildman–Crippen LogP) is 3.09. The maximum Gasteiger partial charge on any atom is 0.422 e. The van der Waals surface area contributed by atoms with E-state index in [0.717, 1.165) is 6.07 Å². The molecule has 0 fully saturated rings. The van der Waals surface area contributed by atoms with E-state index in [-0.39, 0.29) is 16.3 Å². The largest absolute Gasteiger partial charge is 0.483 e. The summed E-state index contributed by atoms with van der Waals surface area (Å²) < 4.78 is 39.9. The summed E-state index contributed by atoms with van der Waals surface area (Å²) in [5.41, 5.74) is 0.0312. The number of hydrogen-bond acceptors (Lipinski definition) is 2. The lowest BCUT2D eigenvalue weighted by Crippen LogP contribution is -2.19. The number of halogens is 4. The van der Waals surface area contributed by atoms with Gasteiger partial charge < -0.3 is 4.74 Å². The minimum atomic E-state index is -4.44. The summed E-state index contributed by atoms with van der Waals surface area (Å²) in [6.45, 7) is -1.45. The zero-order valence-corrected chi connectivity index (χ0v) is 8.10. The van der Waals surface area contributed by atoms with Crippen LogP contribution in [-0.2, 0) is 0 Å². The summed E-state index contributed by atoms with van der Waals surface area (Å²) in [6.07, 6.45) is -4.04. The van der Waals surface area contributed by atoms with Crippen molar-refractivity contribution < 1.29 is 22.7 Å². The average Bonchev–Trinajstić information content (AvgIpc) is 2.14. The first-order valence-electron chi connectivity index (χ1n) is 3.86. The summed E-state index contributed by atoms with van der Waals surface area (Å²) >= 11 is 5.55. The van der Waals surface area contributed by atoms with Crippen molar-refractivity contribution in [3.05, 3.63) is 28.8 Å². The van der Waals surface area contributed by atoms with Crippen LogP contribution in [0.25, 0.3) is 0 Å². The van der Waals surface area contributed by atoms with Gasteiger partial charge in [0.05, 0.1) is 5.56 Å². The van der Waals surface area contributed by atoms with Crippen molar-refractivity contribution in [3.8, 4) is 5.75 Å². The summed E-state index contributed by atoms with van der Waals surface area (Å²) in [5, 5.41) is 0.206. The van der Waals surface area contributed by atoms with Gasteiger partial charge in [-0.1, -0.05) is 11.6 Å². The molecule has 0 radical (unpaired) electrons. The van der Waals surface area contributed by atoms with Crippen LogP contribution in [0, 0.1) is 0 Å². The molecule has 0 saturated heterocycles. The van der Waals surface area contributed by atoms with Gasteiger partial charge in [0.1, 0.15) is 5.75 Å². The van der Waals surface area contributed by atoms with Crippen LogP contribution in [-0.4, -0.2) is 19.1 Å². The monoisotopic (exact) mass is 238 g/mol. The van der Waals surface area contributed by atoms with Crippen molar-refractivity contribution in [1.82, 2.24) is 0 Å². The standard InChI is InChI=1S/C9H6ClF3O2/c10-7-2-1-6(4-14)8(3-7)15-5-9(11,12)13/h1-4H,5H2. The highest BCUT2D eigenvalue weighted by atomic mass is 35.5. The molecule has 0 aliphatic heterocycles. The molecule has 0 spiro atoms. The van der Waals surface area contributed by atoms with Gasteiger partial charge >= 0.3 is 6.18 Å². The smallest absolute Gasteiger partial charge is 0.422 e. The van der Waals surface area contributed by atoms with Gasteiger partial charge in [0.15, 0.2) is 12.9 Å². The lowest BCUT2D eigenvalue weighted by atomic mass is 10.2. The molecule has 82 valence electrons. The zero-order valence-electron chi connectivity index (χ0n) is 7.34. The molecule has 15 heavy (non-hydrogen) atoms. The first-order chi connectivity index (χ1) is 6.92. The first kappa shape index (κ1) is 11.8. The van der Waals surface area contributed by atoms with Crippen molar-refractivity contribution >= 4 is 17.9 Å². The highest BCUT2D eigenvalue weighted by Gasteiger charge is 2.28. The Labute approximate surface area is 88.6 Å². The van der Waals surface area contributed by atoms with Crippen LogP contribution in [0.2, 0.25) is 5.02 Å². The molecule has 0 heterocycles. The Morgan fingerprint density at radius 1 is 1.40 bits per heavy atom. The fourth-order valence-electron chi connectivity index (χ4n) is 0.890. The van der Waals surface area contributed by atoms with Gasteiger partial charge in [0.2, 0.25) is 0 Å². The van der Waals surface area contributed by atoms with E-state index in [1.165, 1.54) is 12.1 Å². The van der Waals surface area contributed by atoms with E-state index in [2.05, 4.69) is 4.74 Å². The van der Waals surface area contributed by atoms with Crippen molar-refractivity contribution in [2.75, 3.05) is 6.61 Å². The molecular weight excluding hydrogens is 233 g/mol. The zero-order chi connectivity index (χ0) is 11.5. The third kappa shape index (κ3) is 3.79. The molecule has 0 saturated carbocycles. The topological polar surface area (TPSA) is 26.3 Å². The van der Waals surface area contributed by atoms with Gasteiger partial charge in [-0.15, -0.1) is 0 Å². The Kier molecular flexibility index (Phi) is 3.57. The Bertz CT molecular complexity index is 363. The van der Waals surface area contributed by atoms with Gasteiger partial charge in [-0.3, -0.25) is 4.79 Å². The third-order valence-electron chi connectivity index (χ3n) is 1.49. The number of carbonyl (C=O) groups excluding carboxylic acids is 1.